The number of aliphatic hydroxyl groups is 1. The number of hydrogen-bond donors (Lipinski definition) is 1. The first-order valence-corrected chi connectivity index (χ1v) is 9.53. The number of aromatic nitrogens is 3. The highest BCUT2D eigenvalue weighted by atomic mass is 19.1. The number of carbonyl (C=O) groups excluding carboxylic acids is 1. The van der Waals surface area contributed by atoms with Crippen LogP contribution >= 0.6 is 0 Å². The lowest BCUT2D eigenvalue weighted by Crippen LogP contribution is -2.24. The van der Waals surface area contributed by atoms with E-state index >= 15 is 8.78 Å². The van der Waals surface area contributed by atoms with Gasteiger partial charge in [0.05, 0.1) is 39.2 Å². The summed E-state index contributed by atoms with van der Waals surface area (Å²) < 4.78 is 47.0. The lowest BCUT2D eigenvalue weighted by atomic mass is 9.97. The van der Waals surface area contributed by atoms with Crippen LogP contribution < -0.4 is 0 Å². The third-order valence-electron chi connectivity index (χ3n) is 5.42. The normalized spacial score (nSPS) is 14.7. The van der Waals surface area contributed by atoms with Crippen molar-refractivity contribution in [3.05, 3.63) is 82.8 Å². The maximum absolute atomic E-state index is 15.1. The summed E-state index contributed by atoms with van der Waals surface area (Å²) in [5.74, 6) is -2.01. The molecule has 3 heterocycles. The SMILES string of the molecule is [2H]C([2H])(O)c1cc(-c2cc(F)c(CN3Cc4ncccc4C3=O)c(F)c2)c2cn(C)nc2c1. The van der Waals surface area contributed by atoms with Crippen LogP contribution in [0.25, 0.3) is 22.0 Å². The number of amides is 1. The smallest absolute Gasteiger partial charge is 0.256 e. The standard InChI is InChI=1S/C23H18F2N4O2/c1-28-9-17-16(5-13(12-30)6-21(17)27-28)14-7-19(24)18(20(25)8-14)10-29-11-22-15(23(29)31)3-2-4-26-22/h2-9,30H,10-12H2,1H3/i12D2. The molecule has 31 heavy (non-hydrogen) atoms. The summed E-state index contributed by atoms with van der Waals surface area (Å²) in [6.45, 7) is -2.75. The van der Waals surface area contributed by atoms with E-state index in [4.69, 9.17) is 2.74 Å². The molecule has 5 rings (SSSR count). The molecule has 2 aromatic heterocycles. The first kappa shape index (κ1) is 17.1. The summed E-state index contributed by atoms with van der Waals surface area (Å²) in [6, 6.07) is 8.30. The molecule has 0 radical (unpaired) electrons. The topological polar surface area (TPSA) is 71.2 Å². The second-order valence-electron chi connectivity index (χ2n) is 7.45. The molecule has 1 amide bonds. The molecule has 6 nitrogen and oxygen atoms in total. The maximum atomic E-state index is 15.1. The Morgan fingerprint density at radius 1 is 1.19 bits per heavy atom. The van der Waals surface area contributed by atoms with E-state index in [-0.39, 0.29) is 35.7 Å². The highest BCUT2D eigenvalue weighted by molar-refractivity contribution is 5.98. The molecule has 0 saturated heterocycles. The molecule has 8 heteroatoms. The number of benzene rings is 2. The molecule has 2 aromatic carbocycles. The lowest BCUT2D eigenvalue weighted by Gasteiger charge is -2.17. The van der Waals surface area contributed by atoms with Crippen LogP contribution in [-0.4, -0.2) is 30.7 Å². The molecule has 1 N–H and O–H groups in total. The molecule has 0 aliphatic carbocycles. The number of pyridine rings is 1. The van der Waals surface area contributed by atoms with Crippen molar-refractivity contribution in [1.29, 1.82) is 0 Å². The number of hydrogen-bond acceptors (Lipinski definition) is 4. The molecule has 0 atom stereocenters. The summed E-state index contributed by atoms with van der Waals surface area (Å²) >= 11 is 0. The number of carbonyl (C=O) groups is 1. The van der Waals surface area contributed by atoms with Crippen molar-refractivity contribution in [3.8, 4) is 11.1 Å². The average Bonchev–Trinajstić information content (AvgIpc) is 3.28. The van der Waals surface area contributed by atoms with Crippen LogP contribution in [0.15, 0.2) is 48.8 Å². The molecule has 156 valence electrons. The zero-order chi connectivity index (χ0) is 23.5. The molecule has 4 aromatic rings. The number of halogens is 2. The van der Waals surface area contributed by atoms with Gasteiger partial charge in [-0.2, -0.15) is 5.10 Å². The van der Waals surface area contributed by atoms with Crippen LogP contribution in [0.2, 0.25) is 0 Å². The molecule has 1 aliphatic heterocycles. The molecule has 0 saturated carbocycles. The zero-order valence-electron chi connectivity index (χ0n) is 18.4. The fourth-order valence-electron chi connectivity index (χ4n) is 3.96. The van der Waals surface area contributed by atoms with Gasteiger partial charge in [-0.05, 0) is 53.1 Å². The predicted octanol–water partition coefficient (Wildman–Crippen LogP) is 3.56. The Morgan fingerprint density at radius 3 is 2.68 bits per heavy atom. The summed E-state index contributed by atoms with van der Waals surface area (Å²) in [4.78, 5) is 18.0. The Kier molecular flexibility index (Phi) is 3.99. The summed E-state index contributed by atoms with van der Waals surface area (Å²) in [5.41, 5.74) is 1.51. The van der Waals surface area contributed by atoms with Gasteiger partial charge in [0.1, 0.15) is 11.6 Å². The van der Waals surface area contributed by atoms with E-state index < -0.39 is 18.2 Å². The molecular weight excluding hydrogens is 402 g/mol. The molecular formula is C23H18F2N4O2. The average molecular weight is 422 g/mol. The van der Waals surface area contributed by atoms with Gasteiger partial charge in [0.25, 0.3) is 5.91 Å². The van der Waals surface area contributed by atoms with Crippen LogP contribution in [-0.2, 0) is 26.7 Å². The van der Waals surface area contributed by atoms with E-state index in [1.54, 1.807) is 31.6 Å². The van der Waals surface area contributed by atoms with Gasteiger partial charge in [0.2, 0.25) is 0 Å². The molecule has 0 fully saturated rings. The largest absolute Gasteiger partial charge is 0.392 e. The van der Waals surface area contributed by atoms with Crippen molar-refractivity contribution in [2.24, 2.45) is 7.05 Å². The van der Waals surface area contributed by atoms with Gasteiger partial charge in [0, 0.05) is 30.4 Å². The molecule has 0 unspecified atom stereocenters. The number of aryl methyl sites for hydroxylation is 1. The number of fused-ring (bicyclic) bond motifs is 2. The van der Waals surface area contributed by atoms with E-state index in [0.717, 1.165) is 12.1 Å². The Labute approximate surface area is 179 Å². The van der Waals surface area contributed by atoms with Crippen LogP contribution in [0, 0.1) is 11.6 Å². The van der Waals surface area contributed by atoms with Gasteiger partial charge >= 0.3 is 0 Å². The van der Waals surface area contributed by atoms with Gasteiger partial charge in [0.15, 0.2) is 0 Å². The third-order valence-corrected chi connectivity index (χ3v) is 5.42. The van der Waals surface area contributed by atoms with Crippen LogP contribution in [0.3, 0.4) is 0 Å². The van der Waals surface area contributed by atoms with Crippen LogP contribution in [0.1, 0.15) is 29.9 Å². The van der Waals surface area contributed by atoms with E-state index in [2.05, 4.69) is 10.1 Å². The van der Waals surface area contributed by atoms with E-state index in [1.807, 2.05) is 0 Å². The van der Waals surface area contributed by atoms with Crippen LogP contribution in [0.5, 0.6) is 0 Å². The van der Waals surface area contributed by atoms with Crippen molar-refractivity contribution in [1.82, 2.24) is 19.7 Å². The first-order valence-electron chi connectivity index (χ1n) is 10.5. The Bertz CT molecular complexity index is 1410. The van der Waals surface area contributed by atoms with Crippen molar-refractivity contribution in [2.75, 3.05) is 0 Å². The van der Waals surface area contributed by atoms with Crippen molar-refractivity contribution < 1.29 is 21.4 Å². The minimum atomic E-state index is -2.66. The number of nitrogens with zero attached hydrogens (tertiary/aromatic N) is 4. The second-order valence-corrected chi connectivity index (χ2v) is 7.45. The van der Waals surface area contributed by atoms with Crippen molar-refractivity contribution in [2.45, 2.75) is 19.6 Å². The van der Waals surface area contributed by atoms with Gasteiger partial charge in [-0.1, -0.05) is 0 Å². The summed E-state index contributed by atoms with van der Waals surface area (Å²) in [6.07, 6.45) is 3.21. The van der Waals surface area contributed by atoms with Crippen LogP contribution in [0.4, 0.5) is 8.78 Å². The maximum Gasteiger partial charge on any atom is 0.256 e. The Morgan fingerprint density at radius 2 is 1.97 bits per heavy atom. The van der Waals surface area contributed by atoms with Gasteiger partial charge in [-0.3, -0.25) is 14.5 Å². The summed E-state index contributed by atoms with van der Waals surface area (Å²) in [5, 5.41) is 14.6. The zero-order valence-corrected chi connectivity index (χ0v) is 16.4. The van der Waals surface area contributed by atoms with E-state index in [9.17, 15) is 9.90 Å². The molecule has 0 spiro atoms. The van der Waals surface area contributed by atoms with E-state index in [1.165, 1.54) is 21.7 Å². The fourth-order valence-corrected chi connectivity index (χ4v) is 3.96. The molecule has 1 aliphatic rings. The Hall–Kier alpha value is -3.65. The van der Waals surface area contributed by atoms with Gasteiger partial charge in [-0.25, -0.2) is 8.78 Å². The minimum absolute atomic E-state index is 0.0819. The van der Waals surface area contributed by atoms with Gasteiger partial charge < -0.3 is 10.0 Å². The van der Waals surface area contributed by atoms with Crippen molar-refractivity contribution in [3.63, 3.8) is 0 Å². The predicted molar refractivity (Wildman–Crippen MR) is 110 cm³/mol. The minimum Gasteiger partial charge on any atom is -0.392 e. The monoisotopic (exact) mass is 422 g/mol. The van der Waals surface area contributed by atoms with Crippen molar-refractivity contribution >= 4 is 16.8 Å². The highest BCUT2D eigenvalue weighted by Crippen LogP contribution is 2.33. The lowest BCUT2D eigenvalue weighted by molar-refractivity contribution is 0.0763. The highest BCUT2D eigenvalue weighted by Gasteiger charge is 2.29. The number of rotatable bonds is 4. The van der Waals surface area contributed by atoms with Gasteiger partial charge in [-0.15, -0.1) is 0 Å². The Balaban J connectivity index is 1.55. The second kappa shape index (κ2) is 7.24. The molecule has 0 bridgehead atoms. The fraction of sp³-hybridized carbons (Fsp3) is 0.174. The quantitative estimate of drug-likeness (QED) is 0.546. The summed E-state index contributed by atoms with van der Waals surface area (Å²) in [7, 11) is 1.67. The first-order chi connectivity index (χ1) is 15.6. The third kappa shape index (κ3) is 3.25. The van der Waals surface area contributed by atoms with E-state index in [0.29, 0.717) is 27.7 Å².